The average molecular weight is 338 g/mol. The Morgan fingerprint density at radius 3 is 1.04 bits per heavy atom. The SMILES string of the molecule is c1ccc(Cc2ccncc2)cc1.c1ccc(Cc2ccncc2)cc1. The van der Waals surface area contributed by atoms with Crippen molar-refractivity contribution >= 4 is 0 Å². The predicted molar refractivity (Wildman–Crippen MR) is 107 cm³/mol. The zero-order valence-corrected chi connectivity index (χ0v) is 14.7. The molecule has 0 spiro atoms. The van der Waals surface area contributed by atoms with Crippen LogP contribution in [-0.2, 0) is 12.8 Å². The minimum atomic E-state index is 0.989. The zero-order chi connectivity index (χ0) is 17.9. The maximum atomic E-state index is 3.99. The fraction of sp³-hybridized carbons (Fsp3) is 0.0833. The lowest BCUT2D eigenvalue weighted by Gasteiger charge is -1.99. The standard InChI is InChI=1S/2C12H11N/c2*1-2-4-11(5-3-1)10-12-6-8-13-9-7-12/h2*1-9H,10H2. The minimum Gasteiger partial charge on any atom is -0.265 e. The van der Waals surface area contributed by atoms with Crippen LogP contribution in [0.4, 0.5) is 0 Å². The Balaban J connectivity index is 0.000000151. The lowest BCUT2D eigenvalue weighted by molar-refractivity contribution is 1.16. The fourth-order valence-corrected chi connectivity index (χ4v) is 2.66. The molecule has 2 aromatic carbocycles. The van der Waals surface area contributed by atoms with Gasteiger partial charge in [0.1, 0.15) is 0 Å². The summed E-state index contributed by atoms with van der Waals surface area (Å²) in [4.78, 5) is 7.97. The summed E-state index contributed by atoms with van der Waals surface area (Å²) in [6.45, 7) is 0. The Kier molecular flexibility index (Phi) is 6.68. The summed E-state index contributed by atoms with van der Waals surface area (Å²) in [5, 5.41) is 0. The Bertz CT molecular complexity index is 709. The number of aromatic nitrogens is 2. The molecule has 0 aliphatic carbocycles. The van der Waals surface area contributed by atoms with E-state index in [1.807, 2.05) is 61.2 Å². The third-order valence-electron chi connectivity index (χ3n) is 4.00. The maximum absolute atomic E-state index is 3.99. The number of hydrogen-bond donors (Lipinski definition) is 0. The highest BCUT2D eigenvalue weighted by Crippen LogP contribution is 2.08. The summed E-state index contributed by atoms with van der Waals surface area (Å²) in [6.07, 6.45) is 9.31. The van der Waals surface area contributed by atoms with E-state index >= 15 is 0 Å². The zero-order valence-electron chi connectivity index (χ0n) is 14.7. The lowest BCUT2D eigenvalue weighted by Crippen LogP contribution is -1.86. The first-order valence-electron chi connectivity index (χ1n) is 8.76. The van der Waals surface area contributed by atoms with Crippen molar-refractivity contribution in [1.82, 2.24) is 9.97 Å². The van der Waals surface area contributed by atoms with Gasteiger partial charge in [-0.1, -0.05) is 60.7 Å². The van der Waals surface area contributed by atoms with Gasteiger partial charge >= 0.3 is 0 Å². The van der Waals surface area contributed by atoms with E-state index in [-0.39, 0.29) is 0 Å². The van der Waals surface area contributed by atoms with E-state index < -0.39 is 0 Å². The van der Waals surface area contributed by atoms with E-state index in [4.69, 9.17) is 0 Å². The van der Waals surface area contributed by atoms with Gasteiger partial charge in [0.2, 0.25) is 0 Å². The fourth-order valence-electron chi connectivity index (χ4n) is 2.66. The van der Waals surface area contributed by atoms with Gasteiger partial charge in [-0.05, 0) is 59.4 Å². The van der Waals surface area contributed by atoms with E-state index in [9.17, 15) is 0 Å². The van der Waals surface area contributed by atoms with E-state index in [0.29, 0.717) is 0 Å². The number of nitrogens with zero attached hydrogens (tertiary/aromatic N) is 2. The molecule has 26 heavy (non-hydrogen) atoms. The van der Waals surface area contributed by atoms with Crippen molar-refractivity contribution in [2.45, 2.75) is 12.8 Å². The van der Waals surface area contributed by atoms with Crippen molar-refractivity contribution in [3.8, 4) is 0 Å². The Labute approximate surface area is 155 Å². The van der Waals surface area contributed by atoms with Crippen LogP contribution >= 0.6 is 0 Å². The molecule has 2 heterocycles. The first kappa shape index (κ1) is 17.6. The molecule has 4 aromatic rings. The lowest BCUT2D eigenvalue weighted by atomic mass is 10.1. The molecule has 0 amide bonds. The van der Waals surface area contributed by atoms with Crippen LogP contribution in [0.15, 0.2) is 110 Å². The van der Waals surface area contributed by atoms with Gasteiger partial charge in [0.25, 0.3) is 0 Å². The molecule has 0 unspecified atom stereocenters. The van der Waals surface area contributed by atoms with Gasteiger partial charge in [-0.15, -0.1) is 0 Å². The van der Waals surface area contributed by atoms with Crippen molar-refractivity contribution in [2.75, 3.05) is 0 Å². The highest BCUT2D eigenvalue weighted by atomic mass is 14.6. The van der Waals surface area contributed by atoms with Gasteiger partial charge in [0.05, 0.1) is 0 Å². The van der Waals surface area contributed by atoms with E-state index in [0.717, 1.165) is 12.8 Å². The summed E-state index contributed by atoms with van der Waals surface area (Å²) < 4.78 is 0. The van der Waals surface area contributed by atoms with Crippen molar-refractivity contribution in [1.29, 1.82) is 0 Å². The largest absolute Gasteiger partial charge is 0.265 e. The molecule has 2 aromatic heterocycles. The first-order valence-corrected chi connectivity index (χ1v) is 8.76. The van der Waals surface area contributed by atoms with Crippen LogP contribution in [0.5, 0.6) is 0 Å². The van der Waals surface area contributed by atoms with Crippen LogP contribution in [0.3, 0.4) is 0 Å². The van der Waals surface area contributed by atoms with Gasteiger partial charge in [-0.2, -0.15) is 0 Å². The molecule has 0 radical (unpaired) electrons. The Hall–Kier alpha value is -3.26. The van der Waals surface area contributed by atoms with Gasteiger partial charge in [0, 0.05) is 24.8 Å². The topological polar surface area (TPSA) is 25.8 Å². The monoisotopic (exact) mass is 338 g/mol. The molecule has 0 atom stereocenters. The molecule has 128 valence electrons. The smallest absolute Gasteiger partial charge is 0.0270 e. The molecular formula is C24H22N2. The molecule has 2 nitrogen and oxygen atoms in total. The molecule has 0 aliphatic heterocycles. The van der Waals surface area contributed by atoms with Crippen LogP contribution in [-0.4, -0.2) is 9.97 Å². The van der Waals surface area contributed by atoms with Crippen molar-refractivity contribution in [3.63, 3.8) is 0 Å². The van der Waals surface area contributed by atoms with Crippen molar-refractivity contribution < 1.29 is 0 Å². The van der Waals surface area contributed by atoms with Gasteiger partial charge in [-0.3, -0.25) is 9.97 Å². The average Bonchev–Trinajstić information content (AvgIpc) is 2.72. The van der Waals surface area contributed by atoms with E-state index in [1.165, 1.54) is 22.3 Å². The first-order chi connectivity index (χ1) is 12.9. The molecule has 4 rings (SSSR count). The normalized spacial score (nSPS) is 9.85. The van der Waals surface area contributed by atoms with Crippen molar-refractivity contribution in [2.24, 2.45) is 0 Å². The summed E-state index contributed by atoms with van der Waals surface area (Å²) in [5.74, 6) is 0. The van der Waals surface area contributed by atoms with E-state index in [1.54, 1.807) is 0 Å². The van der Waals surface area contributed by atoms with Gasteiger partial charge in [0.15, 0.2) is 0 Å². The quantitative estimate of drug-likeness (QED) is 0.501. The molecule has 0 N–H and O–H groups in total. The highest BCUT2D eigenvalue weighted by Gasteiger charge is 1.94. The molecule has 0 fully saturated rings. The van der Waals surface area contributed by atoms with Crippen LogP contribution in [0.2, 0.25) is 0 Å². The van der Waals surface area contributed by atoms with Gasteiger partial charge < -0.3 is 0 Å². The minimum absolute atomic E-state index is 0.989. The third-order valence-corrected chi connectivity index (χ3v) is 4.00. The summed E-state index contributed by atoms with van der Waals surface area (Å²) in [5.41, 5.74) is 5.30. The second kappa shape index (κ2) is 9.90. The maximum Gasteiger partial charge on any atom is 0.0270 e. The van der Waals surface area contributed by atoms with Crippen molar-refractivity contribution in [3.05, 3.63) is 132 Å². The van der Waals surface area contributed by atoms with Crippen LogP contribution in [0.25, 0.3) is 0 Å². The van der Waals surface area contributed by atoms with E-state index in [2.05, 4.69) is 58.5 Å². The number of rotatable bonds is 4. The number of pyridine rings is 2. The van der Waals surface area contributed by atoms with Crippen LogP contribution in [0, 0.1) is 0 Å². The second-order valence-corrected chi connectivity index (χ2v) is 6.04. The number of benzene rings is 2. The Morgan fingerprint density at radius 1 is 0.385 bits per heavy atom. The Morgan fingerprint density at radius 2 is 0.692 bits per heavy atom. The van der Waals surface area contributed by atoms with Crippen LogP contribution in [0.1, 0.15) is 22.3 Å². The third kappa shape index (κ3) is 5.99. The second-order valence-electron chi connectivity index (χ2n) is 6.04. The molecule has 0 saturated carbocycles. The number of hydrogen-bond acceptors (Lipinski definition) is 2. The van der Waals surface area contributed by atoms with Gasteiger partial charge in [-0.25, -0.2) is 0 Å². The molecule has 0 saturated heterocycles. The van der Waals surface area contributed by atoms with Crippen LogP contribution < -0.4 is 0 Å². The summed E-state index contributed by atoms with van der Waals surface area (Å²) in [6, 6.07) is 29.1. The molecule has 0 bridgehead atoms. The predicted octanol–water partition coefficient (Wildman–Crippen LogP) is 5.34. The highest BCUT2D eigenvalue weighted by molar-refractivity contribution is 5.24. The molecule has 0 aliphatic rings. The summed E-state index contributed by atoms with van der Waals surface area (Å²) in [7, 11) is 0. The summed E-state index contributed by atoms with van der Waals surface area (Å²) >= 11 is 0. The molecule has 2 heteroatoms. The molecular weight excluding hydrogens is 316 g/mol.